The summed E-state index contributed by atoms with van der Waals surface area (Å²) in [5, 5.41) is 0.609. The fraction of sp³-hybridized carbons (Fsp3) is 0.500. The lowest BCUT2D eigenvalue weighted by Crippen LogP contribution is -2.24. The second kappa shape index (κ2) is 5.44. The molecule has 9 heteroatoms. The molecule has 0 bridgehead atoms. The largest absolute Gasteiger partial charge is 0.441 e. The topological polar surface area (TPSA) is 37.8 Å². The third-order valence-corrected chi connectivity index (χ3v) is 5.67. The average Bonchev–Trinajstić information content (AvgIpc) is 2.91. The summed E-state index contributed by atoms with van der Waals surface area (Å²) in [5.74, 6) is -0.223. The number of nitrogens with zero attached hydrogens (tertiary/aromatic N) is 1. The lowest BCUT2D eigenvalue weighted by Gasteiger charge is -2.08. The smallest absolute Gasteiger partial charge is 0.323 e. The van der Waals surface area contributed by atoms with Crippen LogP contribution in [0.1, 0.15) is 16.9 Å². The molecule has 0 aromatic carbocycles. The molecule has 114 valence electrons. The van der Waals surface area contributed by atoms with Crippen LogP contribution in [0.5, 0.6) is 0 Å². The molecule has 0 amide bonds. The van der Waals surface area contributed by atoms with Gasteiger partial charge in [-0.2, -0.15) is 13.2 Å². The summed E-state index contributed by atoms with van der Waals surface area (Å²) in [6.45, 7) is -0.0428. The quantitative estimate of drug-likeness (QED) is 0.853. The van der Waals surface area contributed by atoms with Gasteiger partial charge < -0.3 is 4.98 Å². The third-order valence-electron chi connectivity index (χ3n) is 3.43. The Morgan fingerprint density at radius 2 is 2.14 bits per heavy atom. The molecule has 0 aliphatic heterocycles. The molecule has 0 saturated carbocycles. The maximum Gasteiger partial charge on any atom is 0.441 e. The molecular weight excluding hydrogens is 341 g/mol. The predicted octanol–water partition coefficient (Wildman–Crippen LogP) is 3.86. The first-order valence-electron chi connectivity index (χ1n) is 6.35. The summed E-state index contributed by atoms with van der Waals surface area (Å²) in [6.07, 6.45) is 2.83. The highest BCUT2D eigenvalue weighted by atomic mass is 32.2. The predicted molar refractivity (Wildman–Crippen MR) is 81.8 cm³/mol. The number of aromatic amines is 1. The summed E-state index contributed by atoms with van der Waals surface area (Å²) in [4.78, 5) is 17.4. The molecule has 0 unspecified atom stereocenters. The van der Waals surface area contributed by atoms with E-state index in [9.17, 15) is 18.0 Å². The molecule has 0 radical (unpaired) electrons. The fourth-order valence-electron chi connectivity index (χ4n) is 2.57. The van der Waals surface area contributed by atoms with Gasteiger partial charge in [-0.15, -0.1) is 11.3 Å². The molecule has 0 atom stereocenters. The van der Waals surface area contributed by atoms with E-state index in [2.05, 4.69) is 4.98 Å². The van der Waals surface area contributed by atoms with Crippen LogP contribution >= 0.6 is 35.3 Å². The summed E-state index contributed by atoms with van der Waals surface area (Å²) >= 11 is 6.50. The van der Waals surface area contributed by atoms with E-state index in [1.807, 2.05) is 0 Å². The molecule has 0 fully saturated rings. The number of alkyl halides is 3. The van der Waals surface area contributed by atoms with Gasteiger partial charge in [0.25, 0.3) is 5.56 Å². The van der Waals surface area contributed by atoms with Gasteiger partial charge >= 0.3 is 5.51 Å². The number of thiophene rings is 1. The SMILES string of the molecule is O=c1c2c3c(sc2[nH]c(=S)n1CCSC(F)(F)F)CCC3. The number of halogens is 3. The van der Waals surface area contributed by atoms with E-state index in [4.69, 9.17) is 12.2 Å². The molecule has 3 nitrogen and oxygen atoms in total. The number of hydrogen-bond donors (Lipinski definition) is 1. The van der Waals surface area contributed by atoms with Gasteiger partial charge in [-0.1, -0.05) is 0 Å². The van der Waals surface area contributed by atoms with E-state index in [-0.39, 0.29) is 34.4 Å². The van der Waals surface area contributed by atoms with E-state index < -0.39 is 5.51 Å². The number of thioether (sulfide) groups is 1. The minimum atomic E-state index is -4.29. The van der Waals surface area contributed by atoms with Gasteiger partial charge in [0.2, 0.25) is 0 Å². The van der Waals surface area contributed by atoms with Crippen LogP contribution in [-0.4, -0.2) is 20.8 Å². The van der Waals surface area contributed by atoms with Crippen LogP contribution in [0.4, 0.5) is 13.2 Å². The Morgan fingerprint density at radius 3 is 2.86 bits per heavy atom. The maximum absolute atomic E-state index is 12.5. The first kappa shape index (κ1) is 15.1. The average molecular weight is 352 g/mol. The van der Waals surface area contributed by atoms with Crippen LogP contribution in [0.15, 0.2) is 4.79 Å². The van der Waals surface area contributed by atoms with Gasteiger partial charge in [-0.05, 0) is 48.8 Å². The summed E-state index contributed by atoms with van der Waals surface area (Å²) in [6, 6.07) is 0. The van der Waals surface area contributed by atoms with Crippen molar-refractivity contribution in [3.8, 4) is 0 Å². The minimum absolute atomic E-state index is 0.0428. The van der Waals surface area contributed by atoms with Crippen molar-refractivity contribution in [2.45, 2.75) is 31.3 Å². The standard InChI is InChI=1S/C12H11F3N2OS3/c13-12(14,15)20-5-4-17-10(18)8-6-2-1-3-7(6)21-9(8)16-11(17)19/h1-5H2,(H,16,19). The van der Waals surface area contributed by atoms with Crippen LogP contribution in [0.2, 0.25) is 0 Å². The van der Waals surface area contributed by atoms with Gasteiger partial charge in [0, 0.05) is 17.2 Å². The van der Waals surface area contributed by atoms with Crippen molar-refractivity contribution < 1.29 is 13.2 Å². The van der Waals surface area contributed by atoms with Gasteiger partial charge in [0.1, 0.15) is 4.83 Å². The molecule has 2 aromatic heterocycles. The number of H-pyrrole nitrogens is 1. The first-order chi connectivity index (χ1) is 9.87. The van der Waals surface area contributed by atoms with Crippen molar-refractivity contribution in [3.05, 3.63) is 25.6 Å². The normalized spacial score (nSPS) is 14.8. The van der Waals surface area contributed by atoms with Crippen LogP contribution in [-0.2, 0) is 19.4 Å². The zero-order chi connectivity index (χ0) is 15.2. The molecule has 21 heavy (non-hydrogen) atoms. The van der Waals surface area contributed by atoms with Crippen molar-refractivity contribution in [1.82, 2.24) is 9.55 Å². The van der Waals surface area contributed by atoms with Gasteiger partial charge in [0.15, 0.2) is 4.77 Å². The second-order valence-electron chi connectivity index (χ2n) is 4.74. The lowest BCUT2D eigenvalue weighted by atomic mass is 10.2. The van der Waals surface area contributed by atoms with Gasteiger partial charge in [-0.25, -0.2) is 0 Å². The Morgan fingerprint density at radius 1 is 1.38 bits per heavy atom. The van der Waals surface area contributed by atoms with Crippen LogP contribution in [0, 0.1) is 4.77 Å². The van der Waals surface area contributed by atoms with Crippen molar-refractivity contribution in [3.63, 3.8) is 0 Å². The zero-order valence-electron chi connectivity index (χ0n) is 10.7. The highest BCUT2D eigenvalue weighted by Crippen LogP contribution is 2.34. The molecule has 0 spiro atoms. The Hall–Kier alpha value is -0.800. The first-order valence-corrected chi connectivity index (χ1v) is 8.56. The number of nitrogens with one attached hydrogen (secondary N) is 1. The number of fused-ring (bicyclic) bond motifs is 3. The van der Waals surface area contributed by atoms with E-state index in [0.29, 0.717) is 5.39 Å². The molecular formula is C12H11F3N2OS3. The molecule has 2 aromatic rings. The number of rotatable bonds is 3. The Kier molecular flexibility index (Phi) is 3.91. The Labute approximate surface area is 131 Å². The van der Waals surface area contributed by atoms with Crippen molar-refractivity contribution in [1.29, 1.82) is 0 Å². The summed E-state index contributed by atoms with van der Waals surface area (Å²) < 4.78 is 38.0. The number of aromatic nitrogens is 2. The Bertz CT molecular complexity index is 803. The monoisotopic (exact) mass is 352 g/mol. The second-order valence-corrected chi connectivity index (χ2v) is 7.39. The Balaban J connectivity index is 1.99. The molecule has 1 aliphatic carbocycles. The van der Waals surface area contributed by atoms with Gasteiger partial charge in [-0.3, -0.25) is 9.36 Å². The maximum atomic E-state index is 12.5. The van der Waals surface area contributed by atoms with Crippen molar-refractivity contribution in [2.75, 3.05) is 5.75 Å². The van der Waals surface area contributed by atoms with Crippen LogP contribution in [0.25, 0.3) is 10.2 Å². The number of hydrogen-bond acceptors (Lipinski definition) is 4. The molecule has 2 heterocycles. The molecule has 1 N–H and O–H groups in total. The lowest BCUT2D eigenvalue weighted by molar-refractivity contribution is -0.0328. The van der Waals surface area contributed by atoms with Gasteiger partial charge in [0.05, 0.1) is 5.39 Å². The third kappa shape index (κ3) is 2.91. The summed E-state index contributed by atoms with van der Waals surface area (Å²) in [5.41, 5.74) is -3.51. The highest BCUT2D eigenvalue weighted by Gasteiger charge is 2.28. The van der Waals surface area contributed by atoms with Crippen molar-refractivity contribution >= 4 is 45.5 Å². The van der Waals surface area contributed by atoms with E-state index in [1.54, 1.807) is 0 Å². The fourth-order valence-corrected chi connectivity index (χ4v) is 4.69. The van der Waals surface area contributed by atoms with E-state index in [0.717, 1.165) is 29.7 Å². The molecule has 0 saturated heterocycles. The van der Waals surface area contributed by atoms with E-state index in [1.165, 1.54) is 20.8 Å². The zero-order valence-corrected chi connectivity index (χ0v) is 13.2. The van der Waals surface area contributed by atoms with Crippen molar-refractivity contribution in [2.24, 2.45) is 0 Å². The highest BCUT2D eigenvalue weighted by molar-refractivity contribution is 8.00. The molecule has 1 aliphatic rings. The molecule has 3 rings (SSSR count). The van der Waals surface area contributed by atoms with Crippen LogP contribution < -0.4 is 5.56 Å². The van der Waals surface area contributed by atoms with E-state index >= 15 is 0 Å². The van der Waals surface area contributed by atoms with Crippen LogP contribution in [0.3, 0.4) is 0 Å². The number of aryl methyl sites for hydroxylation is 2. The minimum Gasteiger partial charge on any atom is -0.323 e. The summed E-state index contributed by atoms with van der Waals surface area (Å²) in [7, 11) is 0.